The third-order valence-electron chi connectivity index (χ3n) is 19.7. The molecule has 0 saturated carbocycles. The molecule has 0 aliphatic rings. The zero-order valence-electron chi connectivity index (χ0n) is 50.6. The quantitative estimate of drug-likeness (QED) is 0.160. The topological polar surface area (TPSA) is 69.3 Å². The van der Waals surface area contributed by atoms with E-state index in [2.05, 4.69) is 328 Å². The maximum absolute atomic E-state index is 13.6. The van der Waals surface area contributed by atoms with Crippen LogP contribution in [0.4, 0.5) is 0 Å². The minimum Gasteiger partial charge on any atom is -0.306 e. The van der Waals surface area contributed by atoms with E-state index in [1.54, 1.807) is 0 Å². The summed E-state index contributed by atoms with van der Waals surface area (Å²) in [4.78, 5) is 11.6. The van der Waals surface area contributed by atoms with Gasteiger partial charge in [0.1, 0.15) is 11.6 Å². The zero-order valence-corrected chi connectivity index (χ0v) is 50.6. The summed E-state index contributed by atoms with van der Waals surface area (Å²) >= 11 is 0. The van der Waals surface area contributed by atoms with E-state index < -0.39 is 0 Å². The van der Waals surface area contributed by atoms with Gasteiger partial charge in [0.05, 0.1) is 83.8 Å². The average Bonchev–Trinajstić information content (AvgIpc) is 1.45. The molecule has 15 aromatic carbocycles. The Hall–Kier alpha value is -12.9. The van der Waals surface area contributed by atoms with Gasteiger partial charge in [-0.2, -0.15) is 5.26 Å². The van der Waals surface area contributed by atoms with E-state index in [0.29, 0.717) is 28.5 Å². The van der Waals surface area contributed by atoms with Gasteiger partial charge in [0.25, 0.3) is 0 Å². The minimum absolute atomic E-state index is 0.456. The molecule has 0 bridgehead atoms. The SMILES string of the molecule is N#Cc1c(-n2c3ccccc3c3ccc4ccccc4c32)c(-c2cc(-c3ccccc3)nc(-c3ccccc3)n2)c(-n2c3ccccc3c3ccc4ccccc4c32)c(-n2c3ccccc3c3ccc4ccccc4c32)c1-n1c2ccccc2c2ccc3ccccc3c21. The number of hydrogen-bond acceptors (Lipinski definition) is 3. The van der Waals surface area contributed by atoms with Crippen LogP contribution in [0.15, 0.2) is 309 Å². The second kappa shape index (κ2) is 20.1. The summed E-state index contributed by atoms with van der Waals surface area (Å²) in [6.45, 7) is 0. The summed E-state index contributed by atoms with van der Waals surface area (Å²) in [5.41, 5.74) is 15.3. The summed E-state index contributed by atoms with van der Waals surface area (Å²) in [6, 6.07) is 115. The molecule has 7 nitrogen and oxygen atoms in total. The molecule has 0 unspecified atom stereocenters. The van der Waals surface area contributed by atoms with Gasteiger partial charge in [0.15, 0.2) is 5.82 Å². The number of nitrogens with zero attached hydrogens (tertiary/aromatic N) is 7. The second-order valence-corrected chi connectivity index (χ2v) is 24.6. The minimum atomic E-state index is 0.456. The molecule has 0 amide bonds. The summed E-state index contributed by atoms with van der Waals surface area (Å²) < 4.78 is 9.99. The molecule has 0 saturated heterocycles. The Balaban J connectivity index is 1.18. The fraction of sp³-hybridized carbons (Fsp3) is 0. The highest BCUT2D eigenvalue weighted by Gasteiger charge is 2.37. The van der Waals surface area contributed by atoms with Crippen LogP contribution in [0, 0.1) is 11.3 Å². The molecular weight excluding hydrogens is 1140 g/mol. The Bertz CT molecular complexity index is 6620. The van der Waals surface area contributed by atoms with Gasteiger partial charge >= 0.3 is 0 Å². The van der Waals surface area contributed by atoms with Crippen LogP contribution >= 0.6 is 0 Å². The van der Waals surface area contributed by atoms with Crippen molar-refractivity contribution in [2.45, 2.75) is 0 Å². The lowest BCUT2D eigenvalue weighted by Crippen LogP contribution is -2.17. The molecule has 5 heterocycles. The third-order valence-corrected chi connectivity index (χ3v) is 19.7. The Morgan fingerprint density at radius 1 is 0.245 bits per heavy atom. The fourth-order valence-corrected chi connectivity index (χ4v) is 15.8. The lowest BCUT2D eigenvalue weighted by molar-refractivity contribution is 1.03. The largest absolute Gasteiger partial charge is 0.306 e. The molecule has 0 aliphatic heterocycles. The molecule has 0 spiro atoms. The van der Waals surface area contributed by atoms with Crippen LogP contribution in [0.3, 0.4) is 0 Å². The Kier molecular flexibility index (Phi) is 11.1. The van der Waals surface area contributed by atoms with E-state index in [-0.39, 0.29) is 0 Å². The molecule has 0 N–H and O–H groups in total. The molecule has 20 aromatic rings. The predicted octanol–water partition coefficient (Wildman–Crippen LogP) is 22.4. The van der Waals surface area contributed by atoms with Crippen LogP contribution in [0.25, 0.3) is 187 Å². The first-order chi connectivity index (χ1) is 46.7. The molecule has 0 atom stereocenters. The zero-order chi connectivity index (χ0) is 61.7. The number of benzene rings is 15. The standard InChI is InChI=1S/C87H51N7/c88-52-71-83(91-74-39-19-15-35-63(74)67-47-43-53-23-7-11-31-59(53)79(67)91)78(73-51-72(57-27-3-1-4-28-57)89-87(90-73)58-29-5-2-6-30-58)85(93-76-41-21-17-37-65(76)69-49-45-55-25-9-13-33-61(55)81(69)93)86(94-77-42-22-18-38-66(77)70-50-46-56-26-10-14-34-62(56)82(70)94)84(71)92-75-40-20-16-36-64(75)68-48-44-54-24-8-12-32-60(54)80(68)92/h1-51H. The van der Waals surface area contributed by atoms with Crippen molar-refractivity contribution in [3.8, 4) is 62.7 Å². The molecule has 7 heteroatoms. The van der Waals surface area contributed by atoms with Crippen LogP contribution < -0.4 is 0 Å². The number of aromatic nitrogens is 6. The first-order valence-electron chi connectivity index (χ1n) is 32.0. The van der Waals surface area contributed by atoms with E-state index in [9.17, 15) is 5.26 Å². The Morgan fingerprint density at radius 2 is 0.553 bits per heavy atom. The smallest absolute Gasteiger partial charge is 0.160 e. The second-order valence-electron chi connectivity index (χ2n) is 24.6. The van der Waals surface area contributed by atoms with Gasteiger partial charge in [-0.25, -0.2) is 9.97 Å². The van der Waals surface area contributed by atoms with Gasteiger partial charge in [-0.1, -0.05) is 279 Å². The number of hydrogen-bond donors (Lipinski definition) is 0. The van der Waals surface area contributed by atoms with Crippen molar-refractivity contribution < 1.29 is 0 Å². The van der Waals surface area contributed by atoms with Gasteiger partial charge in [0, 0.05) is 75.8 Å². The molecule has 0 radical (unpaired) electrons. The molecule has 0 fully saturated rings. The number of rotatable bonds is 7. The van der Waals surface area contributed by atoms with Crippen LogP contribution in [-0.4, -0.2) is 28.2 Å². The highest BCUT2D eigenvalue weighted by atomic mass is 15.1. The van der Waals surface area contributed by atoms with Gasteiger partial charge in [-0.15, -0.1) is 0 Å². The van der Waals surface area contributed by atoms with Crippen molar-refractivity contribution in [3.63, 3.8) is 0 Å². The number of fused-ring (bicyclic) bond motifs is 20. The first kappa shape index (κ1) is 51.9. The van der Waals surface area contributed by atoms with Crippen molar-refractivity contribution in [2.24, 2.45) is 0 Å². The van der Waals surface area contributed by atoms with Crippen molar-refractivity contribution in [1.29, 1.82) is 5.26 Å². The summed E-state index contributed by atoms with van der Waals surface area (Å²) in [5.74, 6) is 0.551. The maximum Gasteiger partial charge on any atom is 0.160 e. The average molecular weight is 1190 g/mol. The van der Waals surface area contributed by atoms with E-state index in [1.807, 2.05) is 6.07 Å². The molecule has 0 aliphatic carbocycles. The number of para-hydroxylation sites is 4. The van der Waals surface area contributed by atoms with Crippen molar-refractivity contribution in [2.75, 3.05) is 0 Å². The number of nitriles is 1. The monoisotopic (exact) mass is 1190 g/mol. The van der Waals surface area contributed by atoms with E-state index in [1.165, 1.54) is 0 Å². The molecule has 5 aromatic heterocycles. The van der Waals surface area contributed by atoms with Crippen LogP contribution in [0.2, 0.25) is 0 Å². The van der Waals surface area contributed by atoms with E-state index >= 15 is 0 Å². The van der Waals surface area contributed by atoms with E-state index in [0.717, 1.165) is 164 Å². The summed E-state index contributed by atoms with van der Waals surface area (Å²) in [7, 11) is 0. The first-order valence-corrected chi connectivity index (χ1v) is 32.0. The normalized spacial score (nSPS) is 12.0. The van der Waals surface area contributed by atoms with Crippen molar-refractivity contribution in [1.82, 2.24) is 28.2 Å². The summed E-state index contributed by atoms with van der Waals surface area (Å²) in [6.07, 6.45) is 0. The maximum atomic E-state index is 13.6. The lowest BCUT2D eigenvalue weighted by atomic mass is 9.94. The lowest BCUT2D eigenvalue weighted by Gasteiger charge is -2.29. The van der Waals surface area contributed by atoms with E-state index in [4.69, 9.17) is 9.97 Å². The van der Waals surface area contributed by atoms with Gasteiger partial charge in [-0.05, 0) is 51.9 Å². The highest BCUT2D eigenvalue weighted by Crippen LogP contribution is 2.54. The Labute approximate surface area is 538 Å². The summed E-state index contributed by atoms with van der Waals surface area (Å²) in [5, 5.41) is 30.9. The Morgan fingerprint density at radius 3 is 0.947 bits per heavy atom. The van der Waals surface area contributed by atoms with Gasteiger partial charge in [0.2, 0.25) is 0 Å². The molecule has 94 heavy (non-hydrogen) atoms. The molecule has 20 rings (SSSR count). The molecule has 434 valence electrons. The van der Waals surface area contributed by atoms with Gasteiger partial charge < -0.3 is 18.3 Å². The third kappa shape index (κ3) is 7.30. The van der Waals surface area contributed by atoms with Gasteiger partial charge in [-0.3, -0.25) is 0 Å². The van der Waals surface area contributed by atoms with Crippen LogP contribution in [0.5, 0.6) is 0 Å². The van der Waals surface area contributed by atoms with Crippen LogP contribution in [0.1, 0.15) is 5.56 Å². The molecular formula is C87H51N7. The van der Waals surface area contributed by atoms with Crippen LogP contribution in [-0.2, 0) is 0 Å². The van der Waals surface area contributed by atoms with Crippen molar-refractivity contribution in [3.05, 3.63) is 315 Å². The highest BCUT2D eigenvalue weighted by molar-refractivity contribution is 6.25. The van der Waals surface area contributed by atoms with Crippen molar-refractivity contribution >= 4 is 130 Å². The predicted molar refractivity (Wildman–Crippen MR) is 390 cm³/mol. The fourth-order valence-electron chi connectivity index (χ4n) is 15.8.